The molecule has 0 aromatic heterocycles. The van der Waals surface area contributed by atoms with Crippen molar-refractivity contribution in [2.75, 3.05) is 0 Å². The van der Waals surface area contributed by atoms with Crippen LogP contribution in [0.2, 0.25) is 0 Å². The van der Waals surface area contributed by atoms with Crippen LogP contribution in [0.1, 0.15) is 27.7 Å². The van der Waals surface area contributed by atoms with Gasteiger partial charge in [0.25, 0.3) is 0 Å². The van der Waals surface area contributed by atoms with E-state index in [-0.39, 0.29) is 0 Å². The van der Waals surface area contributed by atoms with E-state index in [1.807, 2.05) is 13.8 Å². The van der Waals surface area contributed by atoms with Crippen molar-refractivity contribution in [1.29, 1.82) is 0 Å². The van der Waals surface area contributed by atoms with Crippen molar-refractivity contribution in [3.63, 3.8) is 0 Å². The van der Waals surface area contributed by atoms with Gasteiger partial charge in [-0.15, -0.1) is 0 Å². The molecule has 0 aromatic carbocycles. The Labute approximate surface area is 78.0 Å². The van der Waals surface area contributed by atoms with Crippen molar-refractivity contribution in [3.05, 3.63) is 11.6 Å². The minimum atomic E-state index is -0.699. The Bertz CT molecular complexity index is 279. The van der Waals surface area contributed by atoms with Crippen molar-refractivity contribution in [2.24, 2.45) is 5.73 Å². The minimum absolute atomic E-state index is 0.458. The molecule has 0 radical (unpaired) electrons. The van der Waals surface area contributed by atoms with Gasteiger partial charge >= 0.3 is 0 Å². The second-order valence-electron chi connectivity index (χ2n) is 4.45. The largest absolute Gasteiger partial charge is 0.366 e. The summed E-state index contributed by atoms with van der Waals surface area (Å²) in [5.41, 5.74) is 4.44. The van der Waals surface area contributed by atoms with Crippen LogP contribution in [0.5, 0.6) is 0 Å². The number of hydrogen-bond donors (Lipinski definition) is 2. The number of carbonyl (C=O) groups is 1. The molecule has 1 amide bonds. The van der Waals surface area contributed by atoms with Gasteiger partial charge < -0.3 is 10.9 Å². The molecule has 0 unspecified atom stereocenters. The molecule has 1 aliphatic heterocycles. The Balaban J connectivity index is 3.17. The van der Waals surface area contributed by atoms with E-state index in [0.717, 1.165) is 5.06 Å². The first-order valence-corrected chi connectivity index (χ1v) is 4.22. The molecule has 74 valence electrons. The maximum atomic E-state index is 11.1. The summed E-state index contributed by atoms with van der Waals surface area (Å²) in [6.45, 7) is 7.17. The van der Waals surface area contributed by atoms with Crippen LogP contribution in [0, 0.1) is 0 Å². The smallest absolute Gasteiger partial charge is 0.246 e. The fourth-order valence-corrected chi connectivity index (χ4v) is 1.80. The monoisotopic (exact) mass is 184 g/mol. The Morgan fingerprint density at radius 1 is 1.46 bits per heavy atom. The van der Waals surface area contributed by atoms with E-state index in [4.69, 9.17) is 5.73 Å². The van der Waals surface area contributed by atoms with Gasteiger partial charge in [-0.05, 0) is 27.7 Å². The van der Waals surface area contributed by atoms with Crippen molar-refractivity contribution >= 4 is 5.91 Å². The van der Waals surface area contributed by atoms with Crippen LogP contribution < -0.4 is 5.73 Å². The molecule has 0 fully saturated rings. The second kappa shape index (κ2) is 2.56. The molecular formula is C9H16N2O2. The zero-order chi connectivity index (χ0) is 10.4. The first kappa shape index (κ1) is 10.2. The number of hydroxylamine groups is 2. The fraction of sp³-hybridized carbons (Fsp3) is 0.667. The lowest BCUT2D eigenvalue weighted by molar-refractivity contribution is -0.185. The molecule has 3 N–H and O–H groups in total. The molecule has 0 bridgehead atoms. The number of rotatable bonds is 1. The predicted octanol–water partition coefficient (Wildman–Crippen LogP) is 0.660. The van der Waals surface area contributed by atoms with Crippen LogP contribution in [-0.2, 0) is 4.79 Å². The quantitative estimate of drug-likeness (QED) is 0.629. The van der Waals surface area contributed by atoms with Crippen molar-refractivity contribution in [3.8, 4) is 0 Å². The molecule has 0 atom stereocenters. The molecule has 1 heterocycles. The van der Waals surface area contributed by atoms with Gasteiger partial charge in [0.2, 0.25) is 5.91 Å². The fourth-order valence-electron chi connectivity index (χ4n) is 1.80. The van der Waals surface area contributed by atoms with E-state index in [1.54, 1.807) is 19.9 Å². The minimum Gasteiger partial charge on any atom is -0.366 e. The highest BCUT2D eigenvalue weighted by atomic mass is 16.5. The highest BCUT2D eigenvalue weighted by Gasteiger charge is 2.46. The van der Waals surface area contributed by atoms with Gasteiger partial charge in [0.1, 0.15) is 0 Å². The van der Waals surface area contributed by atoms with Gasteiger partial charge in [-0.3, -0.25) is 4.79 Å². The Hall–Kier alpha value is -0.870. The van der Waals surface area contributed by atoms with Crippen LogP contribution in [0.25, 0.3) is 0 Å². The van der Waals surface area contributed by atoms with Crippen LogP contribution >= 0.6 is 0 Å². The lowest BCUT2D eigenvalue weighted by Crippen LogP contribution is -2.49. The Morgan fingerprint density at radius 3 is 2.08 bits per heavy atom. The molecule has 4 heteroatoms. The predicted molar refractivity (Wildman–Crippen MR) is 49.1 cm³/mol. The van der Waals surface area contributed by atoms with E-state index in [2.05, 4.69) is 0 Å². The lowest BCUT2D eigenvalue weighted by Gasteiger charge is -2.35. The highest BCUT2D eigenvalue weighted by molar-refractivity contribution is 5.95. The van der Waals surface area contributed by atoms with Gasteiger partial charge in [0.05, 0.1) is 11.1 Å². The number of primary amides is 1. The normalized spacial score (nSPS) is 25.8. The summed E-state index contributed by atoms with van der Waals surface area (Å²) < 4.78 is 0. The average molecular weight is 184 g/mol. The van der Waals surface area contributed by atoms with Crippen molar-refractivity contribution in [2.45, 2.75) is 38.8 Å². The summed E-state index contributed by atoms with van der Waals surface area (Å²) in [4.78, 5) is 11.1. The molecular weight excluding hydrogens is 168 g/mol. The van der Waals surface area contributed by atoms with E-state index < -0.39 is 17.0 Å². The third-order valence-corrected chi connectivity index (χ3v) is 2.50. The molecule has 13 heavy (non-hydrogen) atoms. The molecule has 0 spiro atoms. The number of nitrogens with two attached hydrogens (primary N) is 1. The number of hydrogen-bond acceptors (Lipinski definition) is 3. The maximum absolute atomic E-state index is 11.1. The zero-order valence-corrected chi connectivity index (χ0v) is 8.46. The summed E-state index contributed by atoms with van der Waals surface area (Å²) in [5.74, 6) is -0.477. The molecule has 1 aliphatic rings. The van der Waals surface area contributed by atoms with Crippen LogP contribution in [0.3, 0.4) is 0 Å². The molecule has 0 saturated carbocycles. The van der Waals surface area contributed by atoms with E-state index in [1.165, 1.54) is 0 Å². The third-order valence-electron chi connectivity index (χ3n) is 2.50. The third kappa shape index (κ3) is 1.36. The van der Waals surface area contributed by atoms with Crippen LogP contribution in [0.15, 0.2) is 11.6 Å². The Kier molecular flexibility index (Phi) is 2.01. The number of amides is 1. The summed E-state index contributed by atoms with van der Waals surface area (Å²) in [6, 6.07) is 0. The summed E-state index contributed by atoms with van der Waals surface area (Å²) in [6.07, 6.45) is 1.70. The standard InChI is InChI=1S/C9H16N2O2/c1-8(2)5-6(7(10)12)9(3,4)11(8)13/h5,13H,1-4H3,(H2,10,12). The Morgan fingerprint density at radius 2 is 1.92 bits per heavy atom. The SMILES string of the molecule is CC1(C)C=C(C(N)=O)C(C)(C)N1O. The summed E-state index contributed by atoms with van der Waals surface area (Å²) in [5, 5.41) is 10.9. The van der Waals surface area contributed by atoms with Gasteiger partial charge in [-0.1, -0.05) is 6.08 Å². The van der Waals surface area contributed by atoms with Gasteiger partial charge in [-0.2, -0.15) is 5.06 Å². The highest BCUT2D eigenvalue weighted by Crippen LogP contribution is 2.37. The summed E-state index contributed by atoms with van der Waals surface area (Å²) >= 11 is 0. The average Bonchev–Trinajstić information content (AvgIpc) is 2.11. The maximum Gasteiger partial charge on any atom is 0.246 e. The topological polar surface area (TPSA) is 66.6 Å². The number of nitrogens with zero attached hydrogens (tertiary/aromatic N) is 1. The number of carbonyl (C=O) groups excluding carboxylic acids is 1. The molecule has 0 aliphatic carbocycles. The van der Waals surface area contributed by atoms with E-state index in [9.17, 15) is 10.0 Å². The van der Waals surface area contributed by atoms with Gasteiger partial charge in [-0.25, -0.2) is 0 Å². The molecule has 4 nitrogen and oxygen atoms in total. The molecule has 0 aromatic rings. The second-order valence-corrected chi connectivity index (χ2v) is 4.45. The zero-order valence-electron chi connectivity index (χ0n) is 8.46. The van der Waals surface area contributed by atoms with E-state index >= 15 is 0 Å². The molecule has 1 rings (SSSR count). The van der Waals surface area contributed by atoms with Gasteiger partial charge in [0, 0.05) is 5.57 Å². The summed E-state index contributed by atoms with van der Waals surface area (Å²) in [7, 11) is 0. The molecule has 0 saturated heterocycles. The van der Waals surface area contributed by atoms with E-state index in [0.29, 0.717) is 5.57 Å². The first-order valence-electron chi connectivity index (χ1n) is 4.22. The van der Waals surface area contributed by atoms with Crippen molar-refractivity contribution < 1.29 is 10.0 Å². The van der Waals surface area contributed by atoms with Crippen LogP contribution in [0.4, 0.5) is 0 Å². The first-order chi connectivity index (χ1) is 5.69. The lowest BCUT2D eigenvalue weighted by atomic mass is 9.96. The van der Waals surface area contributed by atoms with Crippen LogP contribution in [-0.4, -0.2) is 27.3 Å². The van der Waals surface area contributed by atoms with Gasteiger partial charge in [0.15, 0.2) is 0 Å². The van der Waals surface area contributed by atoms with Crippen molar-refractivity contribution in [1.82, 2.24) is 5.06 Å².